The molecule has 0 heterocycles. The molecule has 0 spiro atoms. The van der Waals surface area contributed by atoms with Crippen LogP contribution in [0, 0.1) is 6.68 Å². The van der Waals surface area contributed by atoms with Gasteiger partial charge in [-0.05, 0) is 0 Å². The summed E-state index contributed by atoms with van der Waals surface area (Å²) in [5.41, 5.74) is 0. The molecule has 0 bridgehead atoms. The molecule has 0 aliphatic carbocycles. The second-order valence-corrected chi connectivity index (χ2v) is 0.561. The molecule has 3 nitrogen and oxygen atoms in total. The molecule has 0 fully saturated rings. The molecule has 9 heavy (non-hydrogen) atoms. The normalized spacial score (nSPS) is 7.00. The summed E-state index contributed by atoms with van der Waals surface area (Å²) in [4.78, 5) is 0. The van der Waals surface area contributed by atoms with Gasteiger partial charge in [-0.3, -0.25) is 0 Å². The van der Waals surface area contributed by atoms with Crippen LogP contribution in [-0.4, -0.2) is 22.4 Å². The molecule has 0 aliphatic heterocycles. The Bertz CT molecular complexity index is 34.5. The van der Waals surface area contributed by atoms with E-state index in [4.69, 9.17) is 15.1 Å². The number of hydrogen-bond donors (Lipinski definition) is 3. The van der Waals surface area contributed by atoms with Gasteiger partial charge in [-0.2, -0.15) is 0 Å². The Morgan fingerprint density at radius 2 is 1.00 bits per heavy atom. The van der Waals surface area contributed by atoms with E-state index in [1.807, 2.05) is 0 Å². The van der Waals surface area contributed by atoms with Gasteiger partial charge in [0.1, 0.15) is 0 Å². The van der Waals surface area contributed by atoms with Crippen LogP contribution >= 0.6 is 0 Å². The molecule has 0 aromatic heterocycles. The van der Waals surface area contributed by atoms with E-state index >= 15 is 0 Å². The van der Waals surface area contributed by atoms with E-state index in [9.17, 15) is 13.2 Å². The Balaban J connectivity index is -0.0000000720. The summed E-state index contributed by atoms with van der Waals surface area (Å²) in [5.74, 6) is 0. The molecule has 8 heteroatoms. The van der Waals surface area contributed by atoms with Gasteiger partial charge in [-0.15, -0.1) is 0 Å². The van der Waals surface area contributed by atoms with Crippen LogP contribution in [0.3, 0.4) is 0 Å². The maximum Gasteiger partial charge on any atom is 1.00 e. The van der Waals surface area contributed by atoms with Crippen molar-refractivity contribution in [1.29, 1.82) is 0 Å². The molecule has 3 N–H and O–H groups in total. The Morgan fingerprint density at radius 1 is 1.00 bits per heavy atom. The summed E-state index contributed by atoms with van der Waals surface area (Å²) < 4.78 is 28.8. The van der Waals surface area contributed by atoms with Gasteiger partial charge in [-0.1, -0.05) is 0 Å². The largest absolute Gasteiger partial charge is 1.00 e. The van der Waals surface area contributed by atoms with Gasteiger partial charge in [0.2, 0.25) is 0 Å². The van der Waals surface area contributed by atoms with Crippen LogP contribution in [0.1, 0.15) is 0 Å². The van der Waals surface area contributed by atoms with E-state index in [-0.39, 0.29) is 18.9 Å². The summed E-state index contributed by atoms with van der Waals surface area (Å²) in [5, 5.41) is 21.5. The third-order valence-corrected chi connectivity index (χ3v) is 0. The zero-order valence-electron chi connectivity index (χ0n) is 4.55. The smallest absolute Gasteiger partial charge is 0.402 e. The molecule has 0 aliphatic rings. The van der Waals surface area contributed by atoms with Crippen molar-refractivity contribution in [2.45, 2.75) is 0 Å². The van der Waals surface area contributed by atoms with E-state index in [2.05, 4.69) is 0 Å². The first-order chi connectivity index (χ1) is 3.46. The second kappa shape index (κ2) is 11.2. The Labute approximate surface area is 61.8 Å². The summed E-state index contributed by atoms with van der Waals surface area (Å²) >= 11 is 0. The third-order valence-electron chi connectivity index (χ3n) is 0. The molecule has 0 atom stereocenters. The fourth-order valence-electron chi connectivity index (χ4n) is 0. The third kappa shape index (κ3) is 3030. The average Bonchev–Trinajstić information content (AvgIpc) is 1.25. The van der Waals surface area contributed by atoms with E-state index in [1.165, 1.54) is 0 Å². The standard InChI is InChI=1S/CF3.BH3O3.Li/c2*2-1(3)4;/h;2-4H;/q-1;;+1. The molecule has 50 valence electrons. The van der Waals surface area contributed by atoms with E-state index in [0.717, 1.165) is 0 Å². The zero-order chi connectivity index (χ0) is 7.15. The molecule has 0 amide bonds. The SMILES string of the molecule is F[C-](F)F.OB(O)O.[Li+]. The first-order valence-electron chi connectivity index (χ1n) is 1.34. The minimum absolute atomic E-state index is 0. The minimum Gasteiger partial charge on any atom is -0.402 e. The van der Waals surface area contributed by atoms with Crippen LogP contribution in [0.5, 0.6) is 0 Å². The van der Waals surface area contributed by atoms with Crippen molar-refractivity contribution >= 4 is 7.32 Å². The topological polar surface area (TPSA) is 60.7 Å². The van der Waals surface area contributed by atoms with Crippen LogP contribution in [0.4, 0.5) is 13.2 Å². The Kier molecular flexibility index (Phi) is 20.1. The van der Waals surface area contributed by atoms with Crippen LogP contribution in [0.15, 0.2) is 0 Å². The summed E-state index contributed by atoms with van der Waals surface area (Å²) in [6, 6.07) is 0. The van der Waals surface area contributed by atoms with Gasteiger partial charge in [0.05, 0.1) is 0 Å². The Hall–Kier alpha value is 0.332. The fraction of sp³-hybridized carbons (Fsp3) is 0. The van der Waals surface area contributed by atoms with Gasteiger partial charge in [0.25, 0.3) is 0 Å². The molecule has 0 unspecified atom stereocenters. The Morgan fingerprint density at radius 3 is 1.00 bits per heavy atom. The van der Waals surface area contributed by atoms with Crippen molar-refractivity contribution in [2.75, 3.05) is 0 Å². The van der Waals surface area contributed by atoms with Crippen molar-refractivity contribution in [3.8, 4) is 0 Å². The van der Waals surface area contributed by atoms with Gasteiger partial charge >= 0.3 is 26.2 Å². The van der Waals surface area contributed by atoms with Crippen LogP contribution in [0.2, 0.25) is 0 Å². The van der Waals surface area contributed by atoms with Gasteiger partial charge < -0.3 is 28.2 Å². The molecular weight excluding hydrogens is 135 g/mol. The predicted molar refractivity (Wildman–Crippen MR) is 19.0 cm³/mol. The molecule has 0 saturated carbocycles. The number of hydrogen-bond acceptors (Lipinski definition) is 3. The van der Waals surface area contributed by atoms with Crippen molar-refractivity contribution in [2.24, 2.45) is 0 Å². The first-order valence-corrected chi connectivity index (χ1v) is 1.34. The number of halogens is 3. The quantitative estimate of drug-likeness (QED) is 0.238. The van der Waals surface area contributed by atoms with Crippen LogP contribution < -0.4 is 18.9 Å². The van der Waals surface area contributed by atoms with Crippen molar-refractivity contribution < 1.29 is 47.1 Å². The van der Waals surface area contributed by atoms with Crippen molar-refractivity contribution in [3.63, 3.8) is 0 Å². The molecular formula is CH3BF3LiO3. The molecule has 0 aromatic carbocycles. The van der Waals surface area contributed by atoms with Crippen molar-refractivity contribution in [3.05, 3.63) is 6.68 Å². The zero-order valence-corrected chi connectivity index (χ0v) is 4.55. The van der Waals surface area contributed by atoms with Gasteiger partial charge in [0.15, 0.2) is 6.68 Å². The van der Waals surface area contributed by atoms with Gasteiger partial charge in [-0.25, -0.2) is 0 Å². The second-order valence-electron chi connectivity index (χ2n) is 0.561. The number of rotatable bonds is 0. The summed E-state index contributed by atoms with van der Waals surface area (Å²) in [6.07, 6.45) is 0. The van der Waals surface area contributed by atoms with Crippen LogP contribution in [0.25, 0.3) is 0 Å². The predicted octanol–water partition coefficient (Wildman–Crippen LogP) is -3.71. The van der Waals surface area contributed by atoms with Crippen molar-refractivity contribution in [1.82, 2.24) is 0 Å². The summed E-state index contributed by atoms with van der Waals surface area (Å²) in [7, 11) is -2.17. The summed E-state index contributed by atoms with van der Waals surface area (Å²) in [6.45, 7) is -3.08. The van der Waals surface area contributed by atoms with E-state index in [0.29, 0.717) is 0 Å². The van der Waals surface area contributed by atoms with Gasteiger partial charge in [0, 0.05) is 0 Å². The average molecular weight is 138 g/mol. The monoisotopic (exact) mass is 138 g/mol. The molecule has 0 radical (unpaired) electrons. The maximum atomic E-state index is 9.58. The fourth-order valence-corrected chi connectivity index (χ4v) is 0. The maximum absolute atomic E-state index is 9.58. The molecule has 0 aromatic rings. The van der Waals surface area contributed by atoms with E-state index < -0.39 is 14.0 Å². The van der Waals surface area contributed by atoms with Crippen LogP contribution in [-0.2, 0) is 0 Å². The molecule has 0 saturated heterocycles. The van der Waals surface area contributed by atoms with E-state index in [1.54, 1.807) is 0 Å². The minimum atomic E-state index is -3.08. The first kappa shape index (κ1) is 16.2. The molecule has 0 rings (SSSR count).